The molecule has 0 bridgehead atoms. The molecular weight excluding hydrogens is 394 g/mol. The van der Waals surface area contributed by atoms with Gasteiger partial charge in [-0.2, -0.15) is 0 Å². The summed E-state index contributed by atoms with van der Waals surface area (Å²) in [6.45, 7) is 2.62. The molecule has 0 atom stereocenters. The summed E-state index contributed by atoms with van der Waals surface area (Å²) >= 11 is -2.89. The Kier molecular flexibility index (Phi) is 4.69. The Balaban J connectivity index is 2.81. The van der Waals surface area contributed by atoms with Gasteiger partial charge in [-0.1, -0.05) is 0 Å². The van der Waals surface area contributed by atoms with Gasteiger partial charge in [0.1, 0.15) is 0 Å². The van der Waals surface area contributed by atoms with Gasteiger partial charge in [0.25, 0.3) is 0 Å². The first-order chi connectivity index (χ1) is 7.09. The first-order valence-electron chi connectivity index (χ1n) is 4.22. The number of carbonyl (C=O) groups is 2. The fourth-order valence-electron chi connectivity index (χ4n) is 0.820. The van der Waals surface area contributed by atoms with E-state index in [2.05, 4.69) is 0 Å². The Morgan fingerprint density at radius 2 is 1.47 bits per heavy atom. The van der Waals surface area contributed by atoms with E-state index in [1.54, 1.807) is 12.1 Å². The second kappa shape index (κ2) is 5.81. The van der Waals surface area contributed by atoms with Crippen molar-refractivity contribution in [2.45, 2.75) is 13.8 Å². The molecule has 4 nitrogen and oxygen atoms in total. The van der Waals surface area contributed by atoms with Crippen LogP contribution in [0.4, 0.5) is 0 Å². The summed E-state index contributed by atoms with van der Waals surface area (Å²) in [4.78, 5) is 21.7. The van der Waals surface area contributed by atoms with Crippen molar-refractivity contribution in [3.05, 3.63) is 30.3 Å². The van der Waals surface area contributed by atoms with E-state index in [0.29, 0.717) is 0 Å². The first kappa shape index (κ1) is 12.1. The third kappa shape index (κ3) is 4.39. The summed E-state index contributed by atoms with van der Waals surface area (Å²) < 4.78 is 10.9. The van der Waals surface area contributed by atoms with E-state index in [9.17, 15) is 9.59 Å². The number of benzene rings is 1. The third-order valence-corrected chi connectivity index (χ3v) is 6.41. The normalized spacial score (nSPS) is 10.4. The van der Waals surface area contributed by atoms with E-state index in [-0.39, 0.29) is 0 Å². The summed E-state index contributed by atoms with van der Waals surface area (Å²) in [6.07, 6.45) is 0. The average Bonchev–Trinajstić information content (AvgIpc) is 2.17. The predicted octanol–water partition coefficient (Wildman–Crippen LogP) is 0.889. The van der Waals surface area contributed by atoms with Gasteiger partial charge in [0.15, 0.2) is 0 Å². The Hall–Kier alpha value is -0.957. The summed E-state index contributed by atoms with van der Waals surface area (Å²) in [5.74, 6) is -0.826. The standard InChI is InChI=1S/C10H11AtO4/c1-8(12)14-11(15-9(2)13)10-6-4-3-5-7-10/h3-7H,1-2H3. The van der Waals surface area contributed by atoms with Crippen LogP contribution in [0.2, 0.25) is 0 Å². The van der Waals surface area contributed by atoms with Crippen molar-refractivity contribution in [1.29, 1.82) is 0 Å². The van der Waals surface area contributed by atoms with Crippen LogP contribution in [0.15, 0.2) is 30.3 Å². The molecule has 0 saturated heterocycles. The zero-order valence-corrected chi connectivity index (χ0v) is 11.3. The van der Waals surface area contributed by atoms with Crippen LogP contribution in [0.3, 0.4) is 0 Å². The van der Waals surface area contributed by atoms with Gasteiger partial charge in [-0.15, -0.1) is 0 Å². The predicted molar refractivity (Wildman–Crippen MR) is 49.6 cm³/mol. The molecule has 0 fully saturated rings. The van der Waals surface area contributed by atoms with E-state index in [4.69, 9.17) is 5.63 Å². The van der Waals surface area contributed by atoms with Crippen LogP contribution >= 0.6 is 0 Å². The number of hydrogen-bond donors (Lipinski definition) is 0. The summed E-state index contributed by atoms with van der Waals surface area (Å²) in [7, 11) is 0. The van der Waals surface area contributed by atoms with Crippen LogP contribution in [0, 0.1) is 22.6 Å². The summed E-state index contributed by atoms with van der Waals surface area (Å²) in [5, 5.41) is 0. The number of hydrogen-bond acceptors (Lipinski definition) is 4. The SMILES string of the molecule is CC(=O)O[At](OC(C)=O)c1ccccc1. The van der Waals surface area contributed by atoms with Crippen LogP contribution in [0.1, 0.15) is 13.8 Å². The van der Waals surface area contributed by atoms with Crippen molar-refractivity contribution >= 4 is 15.2 Å². The molecule has 1 aromatic carbocycles. The molecule has 0 aliphatic rings. The summed E-state index contributed by atoms with van der Waals surface area (Å²) in [6, 6.07) is 9.09. The van der Waals surface area contributed by atoms with Crippen molar-refractivity contribution in [3.8, 4) is 0 Å². The van der Waals surface area contributed by atoms with Gasteiger partial charge in [-0.3, -0.25) is 0 Å². The molecule has 15 heavy (non-hydrogen) atoms. The molecule has 1 aromatic rings. The first-order valence-corrected chi connectivity index (χ1v) is 8.09. The quantitative estimate of drug-likeness (QED) is 0.750. The molecule has 1 rings (SSSR count). The van der Waals surface area contributed by atoms with Crippen LogP contribution in [-0.2, 0) is 15.2 Å². The van der Waals surface area contributed by atoms with Gasteiger partial charge in [0, 0.05) is 0 Å². The minimum atomic E-state index is -2.89. The molecular formula is C10H11AtO4. The van der Waals surface area contributed by atoms with E-state index < -0.39 is 34.6 Å². The van der Waals surface area contributed by atoms with E-state index in [0.717, 1.165) is 3.27 Å². The second-order valence-electron chi connectivity index (χ2n) is 2.65. The van der Waals surface area contributed by atoms with Crippen molar-refractivity contribution in [1.82, 2.24) is 0 Å². The topological polar surface area (TPSA) is 52.6 Å². The zero-order valence-electron chi connectivity index (χ0n) is 8.40. The van der Waals surface area contributed by atoms with Gasteiger partial charge in [-0.25, -0.2) is 0 Å². The van der Waals surface area contributed by atoms with Crippen molar-refractivity contribution in [2.75, 3.05) is 0 Å². The third-order valence-electron chi connectivity index (χ3n) is 1.27. The second-order valence-corrected chi connectivity index (χ2v) is 7.24. The van der Waals surface area contributed by atoms with E-state index >= 15 is 0 Å². The van der Waals surface area contributed by atoms with E-state index in [1.165, 1.54) is 13.8 Å². The van der Waals surface area contributed by atoms with Crippen molar-refractivity contribution in [3.63, 3.8) is 0 Å². The van der Waals surface area contributed by atoms with Crippen molar-refractivity contribution in [2.24, 2.45) is 0 Å². The van der Waals surface area contributed by atoms with Gasteiger partial charge in [0.05, 0.1) is 0 Å². The number of rotatable bonds is 3. The summed E-state index contributed by atoms with van der Waals surface area (Å²) in [5.41, 5.74) is 0. The van der Waals surface area contributed by atoms with Gasteiger partial charge >= 0.3 is 97.2 Å². The monoisotopic (exact) mass is 405 g/mol. The Bertz CT molecular complexity index is 334. The molecule has 0 aliphatic heterocycles. The molecule has 0 N–H and O–H groups in total. The molecule has 0 unspecified atom stereocenters. The maximum absolute atomic E-state index is 10.8. The molecule has 0 aliphatic carbocycles. The van der Waals surface area contributed by atoms with Crippen LogP contribution in [0.5, 0.6) is 0 Å². The Morgan fingerprint density at radius 1 is 1.00 bits per heavy atom. The van der Waals surface area contributed by atoms with Crippen LogP contribution in [-0.4, -0.2) is 11.9 Å². The molecule has 0 aromatic heterocycles. The minimum absolute atomic E-state index is 0.413. The fraction of sp³-hybridized carbons (Fsp3) is 0.200. The molecule has 0 heterocycles. The van der Waals surface area contributed by atoms with Crippen molar-refractivity contribution < 1.29 is 37.8 Å². The molecule has 5 heteroatoms. The molecule has 82 valence electrons. The van der Waals surface area contributed by atoms with Crippen LogP contribution in [0.25, 0.3) is 0 Å². The molecule has 0 saturated carbocycles. The fourth-order valence-corrected chi connectivity index (χ4v) is 4.53. The average molecular weight is 405 g/mol. The van der Waals surface area contributed by atoms with Crippen LogP contribution < -0.4 is 3.27 Å². The van der Waals surface area contributed by atoms with Gasteiger partial charge in [-0.05, 0) is 0 Å². The van der Waals surface area contributed by atoms with Gasteiger partial charge in [0.2, 0.25) is 0 Å². The maximum atomic E-state index is 10.8. The Morgan fingerprint density at radius 3 is 1.87 bits per heavy atom. The van der Waals surface area contributed by atoms with E-state index in [1.807, 2.05) is 18.2 Å². The van der Waals surface area contributed by atoms with Gasteiger partial charge < -0.3 is 0 Å². The molecule has 0 radical (unpaired) electrons. The zero-order chi connectivity index (χ0) is 11.3. The molecule has 0 amide bonds. The molecule has 0 spiro atoms. The Labute approximate surface area is 97.1 Å². The number of carbonyl (C=O) groups excluding carboxylic acids is 2.